The summed E-state index contributed by atoms with van der Waals surface area (Å²) in [4.78, 5) is 4.14. The molecule has 0 saturated carbocycles. The molecular formula is C7H6IN3. The van der Waals surface area contributed by atoms with Crippen LogP contribution >= 0.6 is 22.6 Å². The molecular weight excluding hydrogens is 253 g/mol. The summed E-state index contributed by atoms with van der Waals surface area (Å²) in [5, 5.41) is 5.00. The highest BCUT2D eigenvalue weighted by atomic mass is 127. The maximum atomic E-state index is 4.14. The average molecular weight is 259 g/mol. The van der Waals surface area contributed by atoms with E-state index in [1.54, 1.807) is 11.0 Å². The van der Waals surface area contributed by atoms with Crippen LogP contribution in [0.15, 0.2) is 21.1 Å². The Morgan fingerprint density at radius 1 is 1.73 bits per heavy atom. The fourth-order valence-corrected chi connectivity index (χ4v) is 1.11. The van der Waals surface area contributed by atoms with Gasteiger partial charge in [0.1, 0.15) is 11.7 Å². The van der Waals surface area contributed by atoms with Crippen molar-refractivity contribution in [2.75, 3.05) is 0 Å². The molecule has 1 aliphatic heterocycles. The van der Waals surface area contributed by atoms with Gasteiger partial charge >= 0.3 is 0 Å². The van der Waals surface area contributed by atoms with Gasteiger partial charge in [-0.3, -0.25) is 0 Å². The third-order valence-electron chi connectivity index (χ3n) is 1.47. The van der Waals surface area contributed by atoms with Crippen LogP contribution in [0.2, 0.25) is 0 Å². The van der Waals surface area contributed by atoms with E-state index in [9.17, 15) is 0 Å². The van der Waals surface area contributed by atoms with Gasteiger partial charge in [0, 0.05) is 3.58 Å². The van der Waals surface area contributed by atoms with Gasteiger partial charge in [0.15, 0.2) is 0 Å². The van der Waals surface area contributed by atoms with Crippen molar-refractivity contribution < 1.29 is 0 Å². The maximum absolute atomic E-state index is 4.14. The Kier molecular flexibility index (Phi) is 1.56. The topological polar surface area (TPSA) is 30.2 Å². The summed E-state index contributed by atoms with van der Waals surface area (Å²) in [5.74, 6) is 0. The molecule has 0 radical (unpaired) electrons. The molecule has 0 N–H and O–H groups in total. The molecule has 3 nitrogen and oxygen atoms in total. The highest BCUT2D eigenvalue weighted by Gasteiger charge is 2.07. The van der Waals surface area contributed by atoms with Gasteiger partial charge < -0.3 is 0 Å². The number of allylic oxidation sites excluding steroid dienone is 2. The zero-order valence-corrected chi connectivity index (χ0v) is 8.11. The first-order valence-electron chi connectivity index (χ1n) is 3.27. The van der Waals surface area contributed by atoms with Crippen LogP contribution < -0.4 is 10.8 Å². The number of hydrogen-bond acceptors (Lipinski definition) is 2. The van der Waals surface area contributed by atoms with E-state index in [0.717, 1.165) is 10.8 Å². The molecule has 4 heteroatoms. The van der Waals surface area contributed by atoms with E-state index in [4.69, 9.17) is 0 Å². The molecule has 2 rings (SSSR count). The predicted octanol–water partition coefficient (Wildman–Crippen LogP) is 0.399. The van der Waals surface area contributed by atoms with Gasteiger partial charge in [-0.15, -0.1) is 5.10 Å². The standard InChI is InChI=1S/C7H6IN3/c1-2-5(8)3-6-7-10-11(7)4-9-6/h2-4H,1H3/b5-2+,6-3+. The molecule has 0 atom stereocenters. The molecule has 2 heterocycles. The average Bonchev–Trinajstić information content (AvgIpc) is 2.70. The van der Waals surface area contributed by atoms with Crippen molar-refractivity contribution in [3.05, 3.63) is 26.8 Å². The van der Waals surface area contributed by atoms with E-state index in [-0.39, 0.29) is 0 Å². The SMILES string of the molecule is C/C=C(I)\C=c1\ncn2c1=N2. The van der Waals surface area contributed by atoms with Crippen LogP contribution in [0.3, 0.4) is 0 Å². The molecule has 0 aromatic carbocycles. The van der Waals surface area contributed by atoms with Crippen molar-refractivity contribution >= 4 is 28.7 Å². The second-order valence-electron chi connectivity index (χ2n) is 2.22. The fourth-order valence-electron chi connectivity index (χ4n) is 0.819. The van der Waals surface area contributed by atoms with Crippen molar-refractivity contribution in [3.63, 3.8) is 0 Å². The molecule has 0 spiro atoms. The number of rotatable bonds is 1. The first kappa shape index (κ1) is 7.02. The summed E-state index contributed by atoms with van der Waals surface area (Å²) >= 11 is 2.26. The molecule has 0 fully saturated rings. The van der Waals surface area contributed by atoms with Gasteiger partial charge in [-0.05, 0) is 35.6 Å². The third kappa shape index (κ3) is 1.22. The Labute approximate surface area is 77.3 Å². The summed E-state index contributed by atoms with van der Waals surface area (Å²) in [6, 6.07) is 0. The number of aromatic nitrogens is 2. The molecule has 1 aromatic rings. The van der Waals surface area contributed by atoms with E-state index in [1.165, 1.54) is 3.58 Å². The largest absolute Gasteiger partial charge is 0.233 e. The molecule has 1 aliphatic rings. The van der Waals surface area contributed by atoms with E-state index >= 15 is 0 Å². The highest BCUT2D eigenvalue weighted by molar-refractivity contribution is 14.1. The van der Waals surface area contributed by atoms with Crippen LogP contribution in [-0.2, 0) is 0 Å². The fraction of sp³-hybridized carbons (Fsp3) is 0.143. The second kappa shape index (κ2) is 2.44. The summed E-state index contributed by atoms with van der Waals surface area (Å²) in [5.41, 5.74) is 0.987. The minimum absolute atomic E-state index is 0.965. The van der Waals surface area contributed by atoms with Gasteiger partial charge in [0.25, 0.3) is 0 Å². The van der Waals surface area contributed by atoms with Crippen LogP contribution in [0, 0.1) is 0 Å². The number of fused-ring (bicyclic) bond motifs is 1. The Bertz CT molecular complexity index is 427. The number of hydrogen-bond donors (Lipinski definition) is 0. The van der Waals surface area contributed by atoms with Crippen molar-refractivity contribution in [1.82, 2.24) is 9.66 Å². The molecule has 56 valence electrons. The lowest BCUT2D eigenvalue weighted by atomic mass is 10.4. The van der Waals surface area contributed by atoms with Gasteiger partial charge in [-0.25, -0.2) is 4.98 Å². The Hall–Kier alpha value is -0.650. The predicted molar refractivity (Wildman–Crippen MR) is 50.6 cm³/mol. The van der Waals surface area contributed by atoms with E-state index in [0.29, 0.717) is 0 Å². The summed E-state index contributed by atoms with van der Waals surface area (Å²) in [6.07, 6.45) is 5.78. The third-order valence-corrected chi connectivity index (χ3v) is 2.40. The van der Waals surface area contributed by atoms with Crippen molar-refractivity contribution in [2.24, 2.45) is 5.10 Å². The first-order chi connectivity index (χ1) is 5.31. The maximum Gasteiger partial charge on any atom is 0.201 e. The number of imidazole rings is 1. The number of nitrogens with zero attached hydrogens (tertiary/aromatic N) is 3. The molecule has 0 unspecified atom stereocenters. The molecule has 11 heavy (non-hydrogen) atoms. The highest BCUT2D eigenvalue weighted by Crippen LogP contribution is 2.05. The molecule has 1 aromatic heterocycles. The zero-order chi connectivity index (χ0) is 7.84. The zero-order valence-electron chi connectivity index (χ0n) is 5.95. The summed E-state index contributed by atoms with van der Waals surface area (Å²) < 4.78 is 2.96. The van der Waals surface area contributed by atoms with Crippen LogP contribution in [0.5, 0.6) is 0 Å². The van der Waals surface area contributed by atoms with E-state index in [1.807, 2.05) is 19.1 Å². The molecule has 0 aliphatic carbocycles. The van der Waals surface area contributed by atoms with Crippen LogP contribution in [-0.4, -0.2) is 9.66 Å². The second-order valence-corrected chi connectivity index (χ2v) is 3.46. The van der Waals surface area contributed by atoms with Crippen molar-refractivity contribution in [1.29, 1.82) is 0 Å². The summed E-state index contributed by atoms with van der Waals surface area (Å²) in [7, 11) is 0. The smallest absolute Gasteiger partial charge is 0.201 e. The lowest BCUT2D eigenvalue weighted by molar-refractivity contribution is 1.03. The van der Waals surface area contributed by atoms with E-state index < -0.39 is 0 Å². The summed E-state index contributed by atoms with van der Waals surface area (Å²) in [6.45, 7) is 2.00. The lowest BCUT2D eigenvalue weighted by Crippen LogP contribution is -2.16. The normalized spacial score (nSPS) is 16.2. The molecule has 0 bridgehead atoms. The first-order valence-corrected chi connectivity index (χ1v) is 4.35. The molecule has 0 saturated heterocycles. The van der Waals surface area contributed by atoms with Gasteiger partial charge in [0.2, 0.25) is 5.49 Å². The minimum Gasteiger partial charge on any atom is -0.233 e. The molecule has 0 amide bonds. The number of halogens is 1. The lowest BCUT2D eigenvalue weighted by Gasteiger charge is -1.79. The van der Waals surface area contributed by atoms with Gasteiger partial charge in [-0.1, -0.05) is 6.08 Å². The van der Waals surface area contributed by atoms with Crippen LogP contribution in [0.25, 0.3) is 6.08 Å². The van der Waals surface area contributed by atoms with Crippen molar-refractivity contribution in [2.45, 2.75) is 6.92 Å². The monoisotopic (exact) mass is 259 g/mol. The van der Waals surface area contributed by atoms with Gasteiger partial charge in [0.05, 0.1) is 0 Å². The van der Waals surface area contributed by atoms with Crippen molar-refractivity contribution in [3.8, 4) is 0 Å². The minimum atomic E-state index is 0.965. The Morgan fingerprint density at radius 3 is 3.00 bits per heavy atom. The van der Waals surface area contributed by atoms with Crippen LogP contribution in [0.4, 0.5) is 0 Å². The van der Waals surface area contributed by atoms with E-state index in [2.05, 4.69) is 32.7 Å². The quantitative estimate of drug-likeness (QED) is 0.682. The Balaban J connectivity index is 2.53. The van der Waals surface area contributed by atoms with Crippen LogP contribution in [0.1, 0.15) is 6.92 Å². The Morgan fingerprint density at radius 2 is 2.55 bits per heavy atom. The van der Waals surface area contributed by atoms with Gasteiger partial charge in [-0.2, -0.15) is 4.68 Å².